The van der Waals surface area contributed by atoms with E-state index in [9.17, 15) is 4.79 Å². The van der Waals surface area contributed by atoms with Crippen LogP contribution in [0.25, 0.3) is 0 Å². The average molecular weight is 252 g/mol. The summed E-state index contributed by atoms with van der Waals surface area (Å²) in [7, 11) is 0. The third-order valence-corrected chi connectivity index (χ3v) is 3.57. The summed E-state index contributed by atoms with van der Waals surface area (Å²) in [4.78, 5) is 14.2. The van der Waals surface area contributed by atoms with Gasteiger partial charge in [-0.05, 0) is 18.2 Å². The Balaban J connectivity index is 1.95. The maximum Gasteiger partial charge on any atom is 0.246 e. The average Bonchev–Trinajstić information content (AvgIpc) is 2.65. The summed E-state index contributed by atoms with van der Waals surface area (Å²) >= 11 is 6.01. The molecule has 0 aliphatic carbocycles. The summed E-state index contributed by atoms with van der Waals surface area (Å²) in [5.74, 6) is 0.0594. The van der Waals surface area contributed by atoms with E-state index in [0.29, 0.717) is 5.02 Å². The van der Waals surface area contributed by atoms with Crippen LogP contribution in [-0.2, 0) is 4.79 Å². The number of halogens is 1. The topological polar surface area (TPSA) is 44.4 Å². The van der Waals surface area contributed by atoms with Crippen LogP contribution in [0.2, 0.25) is 5.02 Å². The van der Waals surface area contributed by atoms with Crippen molar-refractivity contribution in [1.29, 1.82) is 0 Å². The molecule has 1 atom stereocenters. The molecular formula is C12H14ClN3O. The zero-order valence-electron chi connectivity index (χ0n) is 9.37. The van der Waals surface area contributed by atoms with Gasteiger partial charge in [0.1, 0.15) is 6.04 Å². The monoisotopic (exact) mass is 251 g/mol. The minimum absolute atomic E-state index is 0.0594. The van der Waals surface area contributed by atoms with Crippen molar-refractivity contribution in [3.05, 3.63) is 28.8 Å². The molecule has 5 heteroatoms. The summed E-state index contributed by atoms with van der Waals surface area (Å²) in [6.45, 7) is 3.65. The molecule has 0 spiro atoms. The lowest BCUT2D eigenvalue weighted by Crippen LogP contribution is -2.46. The lowest BCUT2D eigenvalue weighted by Gasteiger charge is -2.31. The number of nitrogens with zero attached hydrogens (tertiary/aromatic N) is 1. The molecule has 17 heavy (non-hydrogen) atoms. The van der Waals surface area contributed by atoms with Gasteiger partial charge >= 0.3 is 0 Å². The lowest BCUT2D eigenvalue weighted by atomic mass is 10.1. The molecule has 1 saturated heterocycles. The molecule has 0 radical (unpaired) electrons. The minimum Gasteiger partial charge on any atom is -0.324 e. The number of piperazine rings is 1. The molecule has 1 amide bonds. The van der Waals surface area contributed by atoms with Crippen molar-refractivity contribution >= 4 is 23.2 Å². The first-order valence-electron chi connectivity index (χ1n) is 5.81. The van der Waals surface area contributed by atoms with E-state index in [2.05, 4.69) is 15.5 Å². The number of rotatable bonds is 1. The standard InChI is InChI=1S/C12H14ClN3O/c13-8-1-2-10-9(7-8)11(12(17)15-10)16-5-3-14-4-6-16/h1-2,7,11,14H,3-6H2,(H,15,17). The molecule has 2 heterocycles. The number of carbonyl (C=O) groups is 1. The fraction of sp³-hybridized carbons (Fsp3) is 0.417. The second kappa shape index (κ2) is 4.29. The molecule has 0 bridgehead atoms. The third-order valence-electron chi connectivity index (χ3n) is 3.33. The quantitative estimate of drug-likeness (QED) is 0.789. The molecule has 2 aliphatic rings. The minimum atomic E-state index is -0.175. The van der Waals surface area contributed by atoms with Crippen LogP contribution in [-0.4, -0.2) is 37.0 Å². The van der Waals surface area contributed by atoms with Gasteiger partial charge in [0.2, 0.25) is 5.91 Å². The Morgan fingerprint density at radius 3 is 2.82 bits per heavy atom. The lowest BCUT2D eigenvalue weighted by molar-refractivity contribution is -0.121. The highest BCUT2D eigenvalue weighted by Crippen LogP contribution is 2.36. The first kappa shape index (κ1) is 11.0. The van der Waals surface area contributed by atoms with Gasteiger partial charge in [0.25, 0.3) is 0 Å². The van der Waals surface area contributed by atoms with Gasteiger partial charge < -0.3 is 10.6 Å². The second-order valence-corrected chi connectivity index (χ2v) is 4.85. The normalized spacial score (nSPS) is 24.5. The Morgan fingerprint density at radius 2 is 2.06 bits per heavy atom. The van der Waals surface area contributed by atoms with Crippen LogP contribution in [0.3, 0.4) is 0 Å². The van der Waals surface area contributed by atoms with Gasteiger partial charge in [-0.15, -0.1) is 0 Å². The van der Waals surface area contributed by atoms with Crippen LogP contribution in [0.5, 0.6) is 0 Å². The molecule has 0 saturated carbocycles. The van der Waals surface area contributed by atoms with Crippen LogP contribution in [0.1, 0.15) is 11.6 Å². The van der Waals surface area contributed by atoms with Crippen molar-refractivity contribution in [2.24, 2.45) is 0 Å². The molecule has 2 aliphatic heterocycles. The van der Waals surface area contributed by atoms with E-state index in [-0.39, 0.29) is 11.9 Å². The maximum absolute atomic E-state index is 12.0. The number of carbonyl (C=O) groups excluding carboxylic acids is 1. The van der Waals surface area contributed by atoms with Crippen molar-refractivity contribution < 1.29 is 4.79 Å². The maximum atomic E-state index is 12.0. The van der Waals surface area contributed by atoms with Gasteiger partial charge in [0.05, 0.1) is 0 Å². The van der Waals surface area contributed by atoms with E-state index < -0.39 is 0 Å². The predicted molar refractivity (Wildman–Crippen MR) is 67.3 cm³/mol. The molecular weight excluding hydrogens is 238 g/mol. The Labute approximate surface area is 105 Å². The summed E-state index contributed by atoms with van der Waals surface area (Å²) in [6, 6.07) is 5.39. The summed E-state index contributed by atoms with van der Waals surface area (Å²) in [6.07, 6.45) is 0. The molecule has 4 nitrogen and oxygen atoms in total. The molecule has 90 valence electrons. The first-order chi connectivity index (χ1) is 8.25. The van der Waals surface area contributed by atoms with Crippen molar-refractivity contribution in [3.63, 3.8) is 0 Å². The largest absolute Gasteiger partial charge is 0.324 e. The van der Waals surface area contributed by atoms with E-state index in [1.54, 1.807) is 6.07 Å². The SMILES string of the molecule is O=C1Nc2ccc(Cl)cc2C1N1CCNCC1. The molecule has 1 fully saturated rings. The van der Waals surface area contributed by atoms with E-state index in [0.717, 1.165) is 37.4 Å². The molecule has 3 rings (SSSR count). The van der Waals surface area contributed by atoms with E-state index in [4.69, 9.17) is 11.6 Å². The summed E-state index contributed by atoms with van der Waals surface area (Å²) in [5.41, 5.74) is 1.90. The van der Waals surface area contributed by atoms with E-state index >= 15 is 0 Å². The van der Waals surface area contributed by atoms with Crippen molar-refractivity contribution in [2.75, 3.05) is 31.5 Å². The van der Waals surface area contributed by atoms with Crippen LogP contribution >= 0.6 is 11.6 Å². The molecule has 0 aromatic heterocycles. The summed E-state index contributed by atoms with van der Waals surface area (Å²) in [5, 5.41) is 6.88. The van der Waals surface area contributed by atoms with Crippen molar-refractivity contribution in [2.45, 2.75) is 6.04 Å². The van der Waals surface area contributed by atoms with Crippen LogP contribution in [0.4, 0.5) is 5.69 Å². The first-order valence-corrected chi connectivity index (χ1v) is 6.18. The fourth-order valence-corrected chi connectivity index (χ4v) is 2.70. The smallest absolute Gasteiger partial charge is 0.246 e. The van der Waals surface area contributed by atoms with E-state index in [1.165, 1.54) is 0 Å². The van der Waals surface area contributed by atoms with Gasteiger partial charge in [-0.25, -0.2) is 0 Å². The number of benzene rings is 1. The second-order valence-electron chi connectivity index (χ2n) is 4.41. The number of amides is 1. The molecule has 1 aromatic rings. The van der Waals surface area contributed by atoms with Gasteiger partial charge in [-0.2, -0.15) is 0 Å². The van der Waals surface area contributed by atoms with Gasteiger partial charge in [0, 0.05) is 42.5 Å². The Bertz CT molecular complexity index is 457. The Kier molecular flexibility index (Phi) is 2.78. The Hall–Kier alpha value is -1.10. The predicted octanol–water partition coefficient (Wildman–Crippen LogP) is 1.24. The van der Waals surface area contributed by atoms with Gasteiger partial charge in [-0.1, -0.05) is 11.6 Å². The van der Waals surface area contributed by atoms with Crippen LogP contribution in [0, 0.1) is 0 Å². The number of anilines is 1. The molecule has 1 unspecified atom stereocenters. The fourth-order valence-electron chi connectivity index (χ4n) is 2.52. The van der Waals surface area contributed by atoms with E-state index in [1.807, 2.05) is 12.1 Å². The van der Waals surface area contributed by atoms with Gasteiger partial charge in [-0.3, -0.25) is 9.69 Å². The highest BCUT2D eigenvalue weighted by molar-refractivity contribution is 6.31. The highest BCUT2D eigenvalue weighted by Gasteiger charge is 2.35. The summed E-state index contributed by atoms with van der Waals surface area (Å²) < 4.78 is 0. The zero-order valence-corrected chi connectivity index (χ0v) is 10.1. The van der Waals surface area contributed by atoms with Crippen molar-refractivity contribution in [3.8, 4) is 0 Å². The highest BCUT2D eigenvalue weighted by atomic mass is 35.5. The number of hydrogen-bond acceptors (Lipinski definition) is 3. The van der Waals surface area contributed by atoms with Crippen LogP contribution in [0.15, 0.2) is 18.2 Å². The van der Waals surface area contributed by atoms with Gasteiger partial charge in [0.15, 0.2) is 0 Å². The molecule has 1 aromatic carbocycles. The van der Waals surface area contributed by atoms with Crippen LogP contribution < -0.4 is 10.6 Å². The zero-order chi connectivity index (χ0) is 11.8. The number of nitrogens with one attached hydrogen (secondary N) is 2. The number of fused-ring (bicyclic) bond motifs is 1. The Morgan fingerprint density at radius 1 is 1.29 bits per heavy atom. The number of hydrogen-bond donors (Lipinski definition) is 2. The van der Waals surface area contributed by atoms with Crippen molar-refractivity contribution in [1.82, 2.24) is 10.2 Å². The third kappa shape index (κ3) is 1.92. The molecule has 2 N–H and O–H groups in total.